The lowest BCUT2D eigenvalue weighted by Gasteiger charge is -2.22. The summed E-state index contributed by atoms with van der Waals surface area (Å²) in [5.41, 5.74) is 1.61. The van der Waals surface area contributed by atoms with Gasteiger partial charge in [0, 0.05) is 43.0 Å². The third-order valence-corrected chi connectivity index (χ3v) is 6.34. The molecule has 1 aliphatic heterocycles. The molecule has 0 saturated carbocycles. The highest BCUT2D eigenvalue weighted by atomic mass is 35.5. The highest BCUT2D eigenvalue weighted by Gasteiger charge is 2.35. The van der Waals surface area contributed by atoms with Crippen molar-refractivity contribution in [2.75, 3.05) is 29.9 Å². The number of pyridine rings is 1. The lowest BCUT2D eigenvalue weighted by molar-refractivity contribution is 0.0720. The molecule has 2 atom stereocenters. The molecular weight excluding hydrogens is 461 g/mol. The fourth-order valence-corrected chi connectivity index (χ4v) is 4.70. The average molecular weight is 488 g/mol. The molecule has 0 spiro atoms. The topological polar surface area (TPSA) is 72.3 Å². The van der Waals surface area contributed by atoms with Gasteiger partial charge in [-0.2, -0.15) is 0 Å². The van der Waals surface area contributed by atoms with E-state index in [1.165, 1.54) is 0 Å². The maximum Gasteiger partial charge on any atom is 0.277 e. The Bertz CT molecular complexity index is 1190. The Balaban J connectivity index is 1.68. The number of aromatic nitrogens is 3. The third-order valence-electron chi connectivity index (χ3n) is 5.79. The molecule has 1 fully saturated rings. The number of hydrogen-bond acceptors (Lipinski definition) is 6. The lowest BCUT2D eigenvalue weighted by Crippen LogP contribution is -2.38. The van der Waals surface area contributed by atoms with E-state index >= 15 is 0 Å². The van der Waals surface area contributed by atoms with Gasteiger partial charge in [0.25, 0.3) is 5.56 Å². The van der Waals surface area contributed by atoms with Crippen LogP contribution in [0.4, 0.5) is 11.5 Å². The standard InChI is InChI=1S/C24H27Cl2N5O2/c1-4-31-23(17-10-9-16(25)12-18(17)26)28-15(3)22(24(31)32)29-19-13-30(14-20(19)33-5-2)21-8-6-7-11-27-21/h6-12,19-20,29H,4-5,13-14H2,1-3H3/t19?,20-/m0/s1. The summed E-state index contributed by atoms with van der Waals surface area (Å²) in [6, 6.07) is 10.9. The van der Waals surface area contributed by atoms with E-state index in [1.807, 2.05) is 39.0 Å². The van der Waals surface area contributed by atoms with Crippen molar-refractivity contribution in [1.29, 1.82) is 0 Å². The van der Waals surface area contributed by atoms with Gasteiger partial charge >= 0.3 is 0 Å². The minimum absolute atomic E-state index is 0.0868. The number of halogens is 2. The predicted octanol–water partition coefficient (Wildman–Crippen LogP) is 4.65. The quantitative estimate of drug-likeness (QED) is 0.522. The van der Waals surface area contributed by atoms with Crippen LogP contribution in [0, 0.1) is 6.92 Å². The summed E-state index contributed by atoms with van der Waals surface area (Å²) in [6.07, 6.45) is 1.69. The maximum atomic E-state index is 13.5. The summed E-state index contributed by atoms with van der Waals surface area (Å²) in [6.45, 7) is 8.11. The van der Waals surface area contributed by atoms with Crippen LogP contribution in [0.15, 0.2) is 47.4 Å². The Hall–Kier alpha value is -2.61. The van der Waals surface area contributed by atoms with Crippen molar-refractivity contribution in [3.8, 4) is 11.4 Å². The predicted molar refractivity (Wildman–Crippen MR) is 134 cm³/mol. The first-order valence-corrected chi connectivity index (χ1v) is 11.8. The molecule has 9 heteroatoms. The van der Waals surface area contributed by atoms with Crippen LogP contribution in [-0.2, 0) is 11.3 Å². The fourth-order valence-electron chi connectivity index (χ4n) is 4.21. The second kappa shape index (κ2) is 10.1. The van der Waals surface area contributed by atoms with E-state index in [0.29, 0.717) is 59.1 Å². The van der Waals surface area contributed by atoms with Crippen molar-refractivity contribution in [3.05, 3.63) is 68.7 Å². The Morgan fingerprint density at radius 2 is 2.00 bits per heavy atom. The molecule has 3 heterocycles. The van der Waals surface area contributed by atoms with Crippen molar-refractivity contribution < 1.29 is 4.74 Å². The Morgan fingerprint density at radius 1 is 1.18 bits per heavy atom. The molecule has 1 N–H and O–H groups in total. The van der Waals surface area contributed by atoms with Crippen molar-refractivity contribution >= 4 is 34.7 Å². The molecule has 1 aromatic carbocycles. The largest absolute Gasteiger partial charge is 0.374 e. The zero-order valence-electron chi connectivity index (χ0n) is 18.9. The Morgan fingerprint density at radius 3 is 2.67 bits per heavy atom. The third kappa shape index (κ3) is 4.86. The number of nitrogens with zero attached hydrogens (tertiary/aromatic N) is 4. The van der Waals surface area contributed by atoms with Gasteiger partial charge in [0.05, 0.1) is 22.9 Å². The summed E-state index contributed by atoms with van der Waals surface area (Å²) < 4.78 is 7.64. The highest BCUT2D eigenvalue weighted by Crippen LogP contribution is 2.30. The summed E-state index contributed by atoms with van der Waals surface area (Å²) in [5.74, 6) is 1.41. The van der Waals surface area contributed by atoms with Gasteiger partial charge in [0.15, 0.2) is 0 Å². The van der Waals surface area contributed by atoms with Gasteiger partial charge < -0.3 is 15.0 Å². The molecule has 3 aromatic rings. The average Bonchev–Trinajstić information content (AvgIpc) is 3.20. The van der Waals surface area contributed by atoms with Crippen LogP contribution in [0.2, 0.25) is 10.0 Å². The smallest absolute Gasteiger partial charge is 0.277 e. The number of hydrogen-bond donors (Lipinski definition) is 1. The molecule has 1 unspecified atom stereocenters. The molecule has 0 amide bonds. The number of nitrogens with one attached hydrogen (secondary N) is 1. The number of benzene rings is 1. The van der Waals surface area contributed by atoms with Gasteiger partial charge in [0.2, 0.25) is 0 Å². The van der Waals surface area contributed by atoms with E-state index in [4.69, 9.17) is 32.9 Å². The second-order valence-corrected chi connectivity index (χ2v) is 8.75. The van der Waals surface area contributed by atoms with E-state index in [9.17, 15) is 4.79 Å². The molecule has 174 valence electrons. The van der Waals surface area contributed by atoms with E-state index in [2.05, 4.69) is 15.2 Å². The first-order valence-electron chi connectivity index (χ1n) is 11.0. The summed E-state index contributed by atoms with van der Waals surface area (Å²) in [4.78, 5) is 24.9. The number of rotatable bonds is 7. The van der Waals surface area contributed by atoms with Gasteiger partial charge in [-0.15, -0.1) is 0 Å². The molecule has 33 heavy (non-hydrogen) atoms. The van der Waals surface area contributed by atoms with Crippen molar-refractivity contribution in [1.82, 2.24) is 14.5 Å². The first kappa shape index (κ1) is 23.5. The number of aryl methyl sites for hydroxylation is 1. The van der Waals surface area contributed by atoms with Crippen LogP contribution in [-0.4, -0.2) is 46.4 Å². The molecule has 0 radical (unpaired) electrons. The minimum Gasteiger partial charge on any atom is -0.374 e. The van der Waals surface area contributed by atoms with Crippen LogP contribution in [0.5, 0.6) is 0 Å². The van der Waals surface area contributed by atoms with Crippen molar-refractivity contribution in [2.24, 2.45) is 0 Å². The molecule has 0 bridgehead atoms. The zero-order chi connectivity index (χ0) is 23.5. The molecule has 1 aliphatic rings. The van der Waals surface area contributed by atoms with E-state index in [0.717, 1.165) is 5.82 Å². The van der Waals surface area contributed by atoms with Gasteiger partial charge in [0.1, 0.15) is 17.3 Å². The van der Waals surface area contributed by atoms with E-state index in [1.54, 1.807) is 29.0 Å². The second-order valence-electron chi connectivity index (χ2n) is 7.91. The lowest BCUT2D eigenvalue weighted by atomic mass is 10.1. The molecule has 2 aromatic heterocycles. The fraction of sp³-hybridized carbons (Fsp3) is 0.375. The summed E-state index contributed by atoms with van der Waals surface area (Å²) >= 11 is 12.5. The minimum atomic E-state index is -0.141. The number of anilines is 2. The van der Waals surface area contributed by atoms with Crippen LogP contribution >= 0.6 is 23.2 Å². The molecular formula is C24H27Cl2N5O2. The Labute approximate surface area is 203 Å². The zero-order valence-corrected chi connectivity index (χ0v) is 20.4. The first-order chi connectivity index (χ1) is 15.9. The van der Waals surface area contributed by atoms with Crippen molar-refractivity contribution in [2.45, 2.75) is 39.5 Å². The monoisotopic (exact) mass is 487 g/mol. The number of ether oxygens (including phenoxy) is 1. The normalized spacial score (nSPS) is 18.0. The molecule has 7 nitrogen and oxygen atoms in total. The molecule has 1 saturated heterocycles. The van der Waals surface area contributed by atoms with Gasteiger partial charge in [-0.25, -0.2) is 9.97 Å². The van der Waals surface area contributed by atoms with E-state index < -0.39 is 0 Å². The van der Waals surface area contributed by atoms with Crippen LogP contribution in [0.3, 0.4) is 0 Å². The van der Waals surface area contributed by atoms with Crippen LogP contribution in [0.1, 0.15) is 19.5 Å². The van der Waals surface area contributed by atoms with Crippen LogP contribution in [0.25, 0.3) is 11.4 Å². The van der Waals surface area contributed by atoms with Gasteiger partial charge in [-0.05, 0) is 51.1 Å². The summed E-state index contributed by atoms with van der Waals surface area (Å²) in [7, 11) is 0. The maximum absolute atomic E-state index is 13.5. The highest BCUT2D eigenvalue weighted by molar-refractivity contribution is 6.36. The summed E-state index contributed by atoms with van der Waals surface area (Å²) in [5, 5.41) is 4.43. The van der Waals surface area contributed by atoms with Gasteiger partial charge in [-0.1, -0.05) is 29.3 Å². The van der Waals surface area contributed by atoms with Gasteiger partial charge in [-0.3, -0.25) is 9.36 Å². The van der Waals surface area contributed by atoms with Crippen LogP contribution < -0.4 is 15.8 Å². The van der Waals surface area contributed by atoms with E-state index in [-0.39, 0.29) is 17.7 Å². The SMILES string of the molecule is CCO[C@H]1CN(c2ccccn2)CC1Nc1c(C)nc(-c2ccc(Cl)cc2Cl)n(CC)c1=O. The molecule has 0 aliphatic carbocycles. The van der Waals surface area contributed by atoms with Crippen molar-refractivity contribution in [3.63, 3.8) is 0 Å². The molecule has 4 rings (SSSR count). The Kier molecular flexibility index (Phi) is 7.22.